The summed E-state index contributed by atoms with van der Waals surface area (Å²) in [6, 6.07) is 9.74. The Morgan fingerprint density at radius 3 is 2.77 bits per heavy atom. The molecule has 1 aliphatic rings. The lowest BCUT2D eigenvalue weighted by Crippen LogP contribution is -2.35. The van der Waals surface area contributed by atoms with Gasteiger partial charge >= 0.3 is 5.97 Å². The molecule has 1 saturated heterocycles. The van der Waals surface area contributed by atoms with E-state index in [1.807, 2.05) is 18.2 Å². The molecule has 0 bridgehead atoms. The second kappa shape index (κ2) is 6.68. The Balaban J connectivity index is 1.90. The van der Waals surface area contributed by atoms with E-state index >= 15 is 0 Å². The SMILES string of the molecule is O=C(O)c1cncc(-c2ccccc2CN2CCOCC2)c1. The summed E-state index contributed by atoms with van der Waals surface area (Å²) in [5.41, 5.74) is 3.25. The second-order valence-electron chi connectivity index (χ2n) is 5.31. The lowest BCUT2D eigenvalue weighted by atomic mass is 9.99. The molecule has 0 aliphatic carbocycles. The molecule has 22 heavy (non-hydrogen) atoms. The number of aromatic carboxylic acids is 1. The first-order valence-corrected chi connectivity index (χ1v) is 7.31. The smallest absolute Gasteiger partial charge is 0.337 e. The quantitative estimate of drug-likeness (QED) is 0.938. The summed E-state index contributed by atoms with van der Waals surface area (Å²) in [5, 5.41) is 9.12. The van der Waals surface area contributed by atoms with Gasteiger partial charge < -0.3 is 9.84 Å². The molecule has 1 fully saturated rings. The first-order valence-electron chi connectivity index (χ1n) is 7.31. The van der Waals surface area contributed by atoms with E-state index in [9.17, 15) is 4.79 Å². The maximum absolute atomic E-state index is 11.1. The molecule has 0 amide bonds. The average molecular weight is 298 g/mol. The fraction of sp³-hybridized carbons (Fsp3) is 0.294. The van der Waals surface area contributed by atoms with Crippen LogP contribution < -0.4 is 0 Å². The van der Waals surface area contributed by atoms with Crippen LogP contribution in [0, 0.1) is 0 Å². The Hall–Kier alpha value is -2.24. The van der Waals surface area contributed by atoms with E-state index in [2.05, 4.69) is 16.0 Å². The number of aromatic nitrogens is 1. The van der Waals surface area contributed by atoms with Gasteiger partial charge in [-0.3, -0.25) is 9.88 Å². The third kappa shape index (κ3) is 3.32. The minimum absolute atomic E-state index is 0.207. The summed E-state index contributed by atoms with van der Waals surface area (Å²) >= 11 is 0. The molecule has 114 valence electrons. The van der Waals surface area contributed by atoms with E-state index in [1.54, 1.807) is 12.3 Å². The van der Waals surface area contributed by atoms with Crippen molar-refractivity contribution in [3.05, 3.63) is 53.9 Å². The number of hydrogen-bond acceptors (Lipinski definition) is 4. The van der Waals surface area contributed by atoms with Gasteiger partial charge in [0.15, 0.2) is 0 Å². The molecule has 3 rings (SSSR count). The molecule has 2 heterocycles. The highest BCUT2D eigenvalue weighted by atomic mass is 16.5. The molecule has 1 N–H and O–H groups in total. The fourth-order valence-corrected chi connectivity index (χ4v) is 2.64. The summed E-state index contributed by atoms with van der Waals surface area (Å²) in [7, 11) is 0. The number of carboxylic acid groups (broad SMARTS) is 1. The molecule has 1 aliphatic heterocycles. The minimum atomic E-state index is -0.958. The topological polar surface area (TPSA) is 62.7 Å². The van der Waals surface area contributed by atoms with Crippen molar-refractivity contribution in [3.8, 4) is 11.1 Å². The van der Waals surface area contributed by atoms with E-state index in [0.29, 0.717) is 0 Å². The average Bonchev–Trinajstić information content (AvgIpc) is 2.56. The van der Waals surface area contributed by atoms with Crippen molar-refractivity contribution in [1.82, 2.24) is 9.88 Å². The van der Waals surface area contributed by atoms with Crippen LogP contribution in [0.5, 0.6) is 0 Å². The third-order valence-corrected chi connectivity index (χ3v) is 3.81. The first kappa shape index (κ1) is 14.7. The van der Waals surface area contributed by atoms with Gasteiger partial charge in [0.1, 0.15) is 0 Å². The van der Waals surface area contributed by atoms with Crippen molar-refractivity contribution in [2.45, 2.75) is 6.54 Å². The van der Waals surface area contributed by atoms with Crippen LogP contribution in [0.25, 0.3) is 11.1 Å². The number of ether oxygens (including phenoxy) is 1. The lowest BCUT2D eigenvalue weighted by molar-refractivity contribution is 0.0342. The molecular formula is C17H18N2O3. The van der Waals surface area contributed by atoms with Gasteiger partial charge in [-0.05, 0) is 17.2 Å². The predicted molar refractivity (Wildman–Crippen MR) is 82.7 cm³/mol. The van der Waals surface area contributed by atoms with Crippen LogP contribution in [0.3, 0.4) is 0 Å². The van der Waals surface area contributed by atoms with Crippen molar-refractivity contribution < 1.29 is 14.6 Å². The Labute approximate surface area is 129 Å². The Bertz CT molecular complexity index is 666. The van der Waals surface area contributed by atoms with Gasteiger partial charge in [-0.1, -0.05) is 24.3 Å². The Kier molecular flexibility index (Phi) is 4.46. The molecule has 0 saturated carbocycles. The summed E-state index contributed by atoms with van der Waals surface area (Å²) < 4.78 is 5.38. The summed E-state index contributed by atoms with van der Waals surface area (Å²) in [5.74, 6) is -0.958. The molecule has 0 radical (unpaired) electrons. The predicted octanol–water partition coefficient (Wildman–Crippen LogP) is 2.28. The van der Waals surface area contributed by atoms with Crippen LogP contribution in [-0.2, 0) is 11.3 Å². The van der Waals surface area contributed by atoms with Gasteiger partial charge in [0.25, 0.3) is 0 Å². The van der Waals surface area contributed by atoms with Gasteiger partial charge in [-0.25, -0.2) is 4.79 Å². The number of benzene rings is 1. The van der Waals surface area contributed by atoms with Gasteiger partial charge in [0.05, 0.1) is 18.8 Å². The summed E-state index contributed by atoms with van der Waals surface area (Å²) in [6.07, 6.45) is 3.08. The fourth-order valence-electron chi connectivity index (χ4n) is 2.64. The molecular weight excluding hydrogens is 280 g/mol. The normalized spacial score (nSPS) is 15.6. The number of hydrogen-bond donors (Lipinski definition) is 1. The number of carbonyl (C=O) groups is 1. The van der Waals surface area contributed by atoms with Crippen LogP contribution in [0.2, 0.25) is 0 Å². The van der Waals surface area contributed by atoms with Crippen LogP contribution in [0.1, 0.15) is 15.9 Å². The molecule has 1 aromatic carbocycles. The molecule has 0 spiro atoms. The second-order valence-corrected chi connectivity index (χ2v) is 5.31. The van der Waals surface area contributed by atoms with Crippen LogP contribution in [0.4, 0.5) is 0 Å². The zero-order chi connectivity index (χ0) is 15.4. The highest BCUT2D eigenvalue weighted by Crippen LogP contribution is 2.25. The van der Waals surface area contributed by atoms with E-state index in [-0.39, 0.29) is 5.56 Å². The standard InChI is InChI=1S/C17H18N2O3/c20-17(21)15-9-14(10-18-11-15)16-4-2-1-3-13(16)12-19-5-7-22-8-6-19/h1-4,9-11H,5-8,12H2,(H,20,21). The molecule has 5 nitrogen and oxygen atoms in total. The molecule has 2 aromatic rings. The van der Waals surface area contributed by atoms with E-state index in [0.717, 1.165) is 44.0 Å². The van der Waals surface area contributed by atoms with Crippen LogP contribution >= 0.6 is 0 Å². The van der Waals surface area contributed by atoms with Crippen molar-refractivity contribution in [2.75, 3.05) is 26.3 Å². The Morgan fingerprint density at radius 2 is 2.00 bits per heavy atom. The van der Waals surface area contributed by atoms with Gasteiger partial charge in [0, 0.05) is 37.6 Å². The minimum Gasteiger partial charge on any atom is -0.478 e. The number of rotatable bonds is 4. The van der Waals surface area contributed by atoms with Crippen LogP contribution in [-0.4, -0.2) is 47.3 Å². The van der Waals surface area contributed by atoms with Crippen molar-refractivity contribution in [1.29, 1.82) is 0 Å². The highest BCUT2D eigenvalue weighted by molar-refractivity contribution is 5.89. The summed E-state index contributed by atoms with van der Waals surface area (Å²) in [6.45, 7) is 4.19. The van der Waals surface area contributed by atoms with E-state index in [4.69, 9.17) is 9.84 Å². The largest absolute Gasteiger partial charge is 0.478 e. The monoisotopic (exact) mass is 298 g/mol. The third-order valence-electron chi connectivity index (χ3n) is 3.81. The summed E-state index contributed by atoms with van der Waals surface area (Å²) in [4.78, 5) is 17.5. The molecule has 0 atom stereocenters. The van der Waals surface area contributed by atoms with Gasteiger partial charge in [0.2, 0.25) is 0 Å². The lowest BCUT2D eigenvalue weighted by Gasteiger charge is -2.27. The van der Waals surface area contributed by atoms with E-state index < -0.39 is 5.97 Å². The molecule has 1 aromatic heterocycles. The van der Waals surface area contributed by atoms with Gasteiger partial charge in [-0.2, -0.15) is 0 Å². The van der Waals surface area contributed by atoms with Crippen LogP contribution in [0.15, 0.2) is 42.7 Å². The van der Waals surface area contributed by atoms with Crippen molar-refractivity contribution in [2.24, 2.45) is 0 Å². The number of morpholine rings is 1. The molecule has 5 heteroatoms. The number of pyridine rings is 1. The highest BCUT2D eigenvalue weighted by Gasteiger charge is 2.14. The maximum atomic E-state index is 11.1. The Morgan fingerprint density at radius 1 is 1.23 bits per heavy atom. The number of carboxylic acids is 1. The van der Waals surface area contributed by atoms with E-state index in [1.165, 1.54) is 11.8 Å². The maximum Gasteiger partial charge on any atom is 0.337 e. The first-order chi connectivity index (χ1) is 10.7. The number of nitrogens with zero attached hydrogens (tertiary/aromatic N) is 2. The van der Waals surface area contributed by atoms with Crippen molar-refractivity contribution >= 4 is 5.97 Å². The zero-order valence-electron chi connectivity index (χ0n) is 12.2. The zero-order valence-corrected chi connectivity index (χ0v) is 12.2. The van der Waals surface area contributed by atoms with Gasteiger partial charge in [-0.15, -0.1) is 0 Å². The van der Waals surface area contributed by atoms with Crippen molar-refractivity contribution in [3.63, 3.8) is 0 Å². The molecule has 0 unspecified atom stereocenters.